The topological polar surface area (TPSA) is 55.2 Å². The van der Waals surface area contributed by atoms with Gasteiger partial charge < -0.3 is 5.32 Å². The molecule has 1 aliphatic carbocycles. The van der Waals surface area contributed by atoms with Crippen LogP contribution >= 0.6 is 11.6 Å². The number of benzene rings is 2. The first-order valence-electron chi connectivity index (χ1n) is 7.71. The van der Waals surface area contributed by atoms with Gasteiger partial charge in [-0.3, -0.25) is 10.1 Å². The van der Waals surface area contributed by atoms with E-state index in [4.69, 9.17) is 11.6 Å². The number of nitro groups is 1. The lowest BCUT2D eigenvalue weighted by Gasteiger charge is -2.37. The molecule has 0 spiro atoms. The second-order valence-corrected chi connectivity index (χ2v) is 6.55. The summed E-state index contributed by atoms with van der Waals surface area (Å²) in [5, 5.41) is 14.7. The zero-order valence-corrected chi connectivity index (χ0v) is 13.3. The van der Waals surface area contributed by atoms with Crippen LogP contribution in [0.1, 0.15) is 29.5 Å². The van der Waals surface area contributed by atoms with E-state index in [1.165, 1.54) is 12.1 Å². The van der Waals surface area contributed by atoms with Crippen molar-refractivity contribution in [2.45, 2.75) is 18.4 Å². The number of nitro benzene ring substituents is 1. The Bertz CT molecular complexity index is 868. The summed E-state index contributed by atoms with van der Waals surface area (Å²) < 4.78 is 14.3. The van der Waals surface area contributed by atoms with Crippen molar-refractivity contribution in [1.82, 2.24) is 0 Å². The van der Waals surface area contributed by atoms with Gasteiger partial charge in [-0.1, -0.05) is 42.0 Å². The third-order valence-corrected chi connectivity index (χ3v) is 5.15. The molecule has 24 heavy (non-hydrogen) atoms. The Labute approximate surface area is 143 Å². The Morgan fingerprint density at radius 2 is 2.04 bits per heavy atom. The molecule has 0 saturated carbocycles. The van der Waals surface area contributed by atoms with E-state index in [0.717, 1.165) is 12.0 Å². The lowest BCUT2D eigenvalue weighted by Crippen LogP contribution is -2.30. The van der Waals surface area contributed by atoms with Crippen LogP contribution in [0.5, 0.6) is 0 Å². The number of fused-ring (bicyclic) bond motifs is 3. The van der Waals surface area contributed by atoms with E-state index in [-0.39, 0.29) is 29.4 Å². The molecule has 1 N–H and O–H groups in total. The summed E-state index contributed by atoms with van der Waals surface area (Å²) >= 11 is 6.29. The second-order valence-electron chi connectivity index (χ2n) is 6.15. The van der Waals surface area contributed by atoms with E-state index in [9.17, 15) is 14.5 Å². The molecule has 2 aromatic rings. The molecule has 0 radical (unpaired) electrons. The molecular weight excluding hydrogens is 331 g/mol. The van der Waals surface area contributed by atoms with Crippen molar-refractivity contribution in [2.75, 3.05) is 5.32 Å². The average molecular weight is 345 g/mol. The molecule has 0 aromatic heterocycles. The van der Waals surface area contributed by atoms with E-state index in [1.54, 1.807) is 18.2 Å². The van der Waals surface area contributed by atoms with Crippen LogP contribution in [0.15, 0.2) is 48.6 Å². The number of hydrogen-bond acceptors (Lipinski definition) is 3. The van der Waals surface area contributed by atoms with Crippen molar-refractivity contribution in [3.05, 3.63) is 80.6 Å². The highest BCUT2D eigenvalue weighted by molar-refractivity contribution is 6.33. The van der Waals surface area contributed by atoms with Crippen LogP contribution in [0.4, 0.5) is 15.8 Å². The molecule has 0 bridgehead atoms. The van der Waals surface area contributed by atoms with Gasteiger partial charge in [0.15, 0.2) is 0 Å². The largest absolute Gasteiger partial charge is 0.376 e. The minimum atomic E-state index is -0.442. The number of non-ortho nitro benzene ring substituents is 1. The minimum absolute atomic E-state index is 0.0109. The van der Waals surface area contributed by atoms with Crippen molar-refractivity contribution in [3.8, 4) is 0 Å². The van der Waals surface area contributed by atoms with Crippen LogP contribution in [0.2, 0.25) is 5.02 Å². The molecule has 3 atom stereocenters. The van der Waals surface area contributed by atoms with Crippen LogP contribution in [0.3, 0.4) is 0 Å². The van der Waals surface area contributed by atoms with Crippen molar-refractivity contribution < 1.29 is 9.31 Å². The Kier molecular flexibility index (Phi) is 3.53. The molecule has 0 saturated heterocycles. The first-order valence-corrected chi connectivity index (χ1v) is 8.09. The third kappa shape index (κ3) is 2.27. The maximum absolute atomic E-state index is 14.3. The zero-order chi connectivity index (χ0) is 16.8. The van der Waals surface area contributed by atoms with Crippen molar-refractivity contribution in [3.63, 3.8) is 0 Å². The fourth-order valence-electron chi connectivity index (χ4n) is 3.78. The molecular formula is C18H14ClFN2O2. The summed E-state index contributed by atoms with van der Waals surface area (Å²) in [6, 6.07) is 9.37. The van der Waals surface area contributed by atoms with Gasteiger partial charge in [0.1, 0.15) is 5.82 Å². The predicted octanol–water partition coefficient (Wildman–Crippen LogP) is 5.21. The van der Waals surface area contributed by atoms with Gasteiger partial charge >= 0.3 is 0 Å². The highest BCUT2D eigenvalue weighted by Gasteiger charge is 2.40. The van der Waals surface area contributed by atoms with Crippen molar-refractivity contribution in [1.29, 1.82) is 0 Å². The quantitative estimate of drug-likeness (QED) is 0.462. The van der Waals surface area contributed by atoms with Crippen LogP contribution in [-0.4, -0.2) is 4.92 Å². The van der Waals surface area contributed by atoms with Gasteiger partial charge in [0, 0.05) is 23.6 Å². The first kappa shape index (κ1) is 15.1. The summed E-state index contributed by atoms with van der Waals surface area (Å²) in [6.45, 7) is 0. The molecule has 4 rings (SSSR count). The summed E-state index contributed by atoms with van der Waals surface area (Å²) in [6.07, 6.45) is 4.88. The zero-order valence-electron chi connectivity index (χ0n) is 12.6. The minimum Gasteiger partial charge on any atom is -0.376 e. The van der Waals surface area contributed by atoms with Gasteiger partial charge in [-0.25, -0.2) is 4.39 Å². The number of hydrogen-bond donors (Lipinski definition) is 1. The van der Waals surface area contributed by atoms with E-state index in [0.29, 0.717) is 16.3 Å². The first-order chi connectivity index (χ1) is 11.6. The summed E-state index contributed by atoms with van der Waals surface area (Å²) in [5.74, 6) is -0.169. The molecule has 0 amide bonds. The molecule has 2 aromatic carbocycles. The summed E-state index contributed by atoms with van der Waals surface area (Å²) in [4.78, 5) is 10.7. The van der Waals surface area contributed by atoms with Gasteiger partial charge in [-0.2, -0.15) is 0 Å². The Morgan fingerprint density at radius 1 is 1.25 bits per heavy atom. The highest BCUT2D eigenvalue weighted by Crippen LogP contribution is 2.52. The predicted molar refractivity (Wildman–Crippen MR) is 90.9 cm³/mol. The number of allylic oxidation sites excluding steroid dienone is 2. The molecule has 0 fully saturated rings. The Balaban J connectivity index is 1.85. The normalized spacial score (nSPS) is 24.2. The van der Waals surface area contributed by atoms with E-state index < -0.39 is 4.92 Å². The molecule has 0 unspecified atom stereocenters. The van der Waals surface area contributed by atoms with Gasteiger partial charge in [0.2, 0.25) is 0 Å². The monoisotopic (exact) mass is 344 g/mol. The molecule has 122 valence electrons. The lowest BCUT2D eigenvalue weighted by atomic mass is 9.77. The van der Waals surface area contributed by atoms with E-state index in [2.05, 4.69) is 5.32 Å². The molecule has 4 nitrogen and oxygen atoms in total. The van der Waals surface area contributed by atoms with E-state index >= 15 is 0 Å². The SMILES string of the molecule is O=[N+]([O-])c1cc(Cl)c2c(c1)[C@@H]1C=CC[C@@H]1[C@@H](c1ccccc1F)N2. The maximum atomic E-state index is 14.3. The average Bonchev–Trinajstić information content (AvgIpc) is 3.05. The molecule has 2 aliphatic rings. The summed E-state index contributed by atoms with van der Waals surface area (Å²) in [7, 11) is 0. The molecule has 6 heteroatoms. The number of halogens is 2. The second kappa shape index (κ2) is 5.60. The van der Waals surface area contributed by atoms with Gasteiger partial charge in [0.25, 0.3) is 5.69 Å². The van der Waals surface area contributed by atoms with Gasteiger partial charge in [-0.05, 0) is 24.0 Å². The fraction of sp³-hybridized carbons (Fsp3) is 0.222. The van der Waals surface area contributed by atoms with Crippen molar-refractivity contribution >= 4 is 23.0 Å². The van der Waals surface area contributed by atoms with Crippen LogP contribution in [-0.2, 0) is 0 Å². The maximum Gasteiger partial charge on any atom is 0.271 e. The number of nitrogens with one attached hydrogen (secondary N) is 1. The molecule has 1 heterocycles. The Morgan fingerprint density at radius 3 is 2.79 bits per heavy atom. The standard InChI is InChI=1S/C18H14ClFN2O2/c19-15-9-10(22(23)24)8-14-11-5-3-6-12(11)17(21-18(14)15)13-4-1-2-7-16(13)20/h1-5,7-9,11-12,17,21H,6H2/t11-,12+,17+/m1/s1. The Hall–Kier alpha value is -2.40. The number of nitrogens with zero attached hydrogens (tertiary/aromatic N) is 1. The van der Waals surface area contributed by atoms with Crippen LogP contribution in [0, 0.1) is 21.8 Å². The van der Waals surface area contributed by atoms with Gasteiger partial charge in [-0.15, -0.1) is 0 Å². The van der Waals surface area contributed by atoms with Gasteiger partial charge in [0.05, 0.1) is 21.7 Å². The smallest absolute Gasteiger partial charge is 0.271 e. The number of anilines is 1. The molecule has 1 aliphatic heterocycles. The van der Waals surface area contributed by atoms with Crippen molar-refractivity contribution in [2.24, 2.45) is 5.92 Å². The fourth-order valence-corrected chi connectivity index (χ4v) is 4.06. The van der Waals surface area contributed by atoms with Crippen LogP contribution < -0.4 is 5.32 Å². The number of rotatable bonds is 2. The third-order valence-electron chi connectivity index (χ3n) is 4.86. The summed E-state index contributed by atoms with van der Waals surface area (Å²) in [5.41, 5.74) is 2.03. The lowest BCUT2D eigenvalue weighted by molar-refractivity contribution is -0.384. The highest BCUT2D eigenvalue weighted by atomic mass is 35.5. The van der Waals surface area contributed by atoms with Crippen LogP contribution in [0.25, 0.3) is 0 Å². The van der Waals surface area contributed by atoms with E-state index in [1.807, 2.05) is 18.2 Å².